The van der Waals surface area contributed by atoms with Crippen LogP contribution in [0, 0.1) is 0 Å². The van der Waals surface area contributed by atoms with Gasteiger partial charge in [0.25, 0.3) is 0 Å². The molecular weight excluding hydrogens is 346 g/mol. The molecular formula is C14H13BrClNOS. The topological polar surface area (TPSA) is 35.2 Å². The minimum Gasteiger partial charge on any atom is -0.496 e. The maximum absolute atomic E-state index is 6.14. The molecule has 0 atom stereocenters. The number of rotatable bonds is 4. The number of hydrogen-bond donors (Lipinski definition) is 1. The first-order chi connectivity index (χ1) is 9.10. The van der Waals surface area contributed by atoms with Crippen LogP contribution in [0.25, 0.3) is 0 Å². The Labute approximate surface area is 130 Å². The molecule has 100 valence electrons. The van der Waals surface area contributed by atoms with E-state index in [1.165, 1.54) is 5.56 Å². The number of methoxy groups -OCH3 is 1. The second kappa shape index (κ2) is 6.55. The molecule has 2 aromatic carbocycles. The van der Waals surface area contributed by atoms with Gasteiger partial charge in [0.15, 0.2) is 0 Å². The molecule has 0 saturated heterocycles. The van der Waals surface area contributed by atoms with E-state index in [0.29, 0.717) is 0 Å². The molecule has 0 fully saturated rings. The fourth-order valence-electron chi connectivity index (χ4n) is 1.59. The minimum absolute atomic E-state index is 0.725. The van der Waals surface area contributed by atoms with E-state index in [9.17, 15) is 0 Å². The van der Waals surface area contributed by atoms with E-state index in [0.717, 1.165) is 31.6 Å². The maximum atomic E-state index is 6.14. The SMILES string of the molecule is COc1ccc(CSc2cc(N)ccc2Cl)cc1Br. The predicted molar refractivity (Wildman–Crippen MR) is 86.1 cm³/mol. The fraction of sp³-hybridized carbons (Fsp3) is 0.143. The van der Waals surface area contributed by atoms with E-state index >= 15 is 0 Å². The van der Waals surface area contributed by atoms with Gasteiger partial charge in [-0.05, 0) is 51.8 Å². The van der Waals surface area contributed by atoms with E-state index < -0.39 is 0 Å². The summed E-state index contributed by atoms with van der Waals surface area (Å²) >= 11 is 11.3. The van der Waals surface area contributed by atoms with Gasteiger partial charge in [0.2, 0.25) is 0 Å². The third-order valence-electron chi connectivity index (χ3n) is 2.57. The summed E-state index contributed by atoms with van der Waals surface area (Å²) in [5.41, 5.74) is 7.68. The third kappa shape index (κ3) is 3.81. The van der Waals surface area contributed by atoms with Gasteiger partial charge in [-0.25, -0.2) is 0 Å². The van der Waals surface area contributed by atoms with Gasteiger partial charge in [0.1, 0.15) is 5.75 Å². The molecule has 2 N–H and O–H groups in total. The molecule has 0 aromatic heterocycles. The van der Waals surface area contributed by atoms with E-state index in [-0.39, 0.29) is 0 Å². The molecule has 0 bridgehead atoms. The highest BCUT2D eigenvalue weighted by Gasteiger charge is 2.05. The van der Waals surface area contributed by atoms with Gasteiger partial charge in [-0.15, -0.1) is 11.8 Å². The molecule has 2 rings (SSSR count). The summed E-state index contributed by atoms with van der Waals surface area (Å²) in [5.74, 6) is 1.65. The summed E-state index contributed by atoms with van der Waals surface area (Å²) in [6.07, 6.45) is 0. The largest absolute Gasteiger partial charge is 0.496 e. The fourth-order valence-corrected chi connectivity index (χ4v) is 3.39. The molecule has 2 aromatic rings. The maximum Gasteiger partial charge on any atom is 0.133 e. The first-order valence-corrected chi connectivity index (χ1v) is 7.76. The second-order valence-corrected chi connectivity index (χ2v) is 6.23. The number of thioether (sulfide) groups is 1. The molecule has 2 nitrogen and oxygen atoms in total. The van der Waals surface area contributed by atoms with Crippen molar-refractivity contribution in [2.45, 2.75) is 10.6 Å². The average molecular weight is 359 g/mol. The van der Waals surface area contributed by atoms with Crippen molar-refractivity contribution >= 4 is 45.0 Å². The van der Waals surface area contributed by atoms with Crippen molar-refractivity contribution in [1.82, 2.24) is 0 Å². The molecule has 0 amide bonds. The summed E-state index contributed by atoms with van der Waals surface area (Å²) in [6, 6.07) is 11.6. The quantitative estimate of drug-likeness (QED) is 0.618. The Morgan fingerprint density at radius 3 is 2.74 bits per heavy atom. The molecule has 19 heavy (non-hydrogen) atoms. The molecule has 0 heterocycles. The number of halogens is 2. The summed E-state index contributed by atoms with van der Waals surface area (Å²) < 4.78 is 6.16. The highest BCUT2D eigenvalue weighted by atomic mass is 79.9. The predicted octanol–water partition coefficient (Wildman–Crippen LogP) is 4.99. The van der Waals surface area contributed by atoms with Gasteiger partial charge in [0, 0.05) is 16.3 Å². The van der Waals surface area contributed by atoms with Crippen LogP contribution in [0.1, 0.15) is 5.56 Å². The van der Waals surface area contributed by atoms with Crippen LogP contribution in [-0.4, -0.2) is 7.11 Å². The standard InChI is InChI=1S/C14H13BrClNOS/c1-18-13-5-2-9(6-11(13)15)8-19-14-7-10(17)3-4-12(14)16/h2-7H,8,17H2,1H3. The van der Waals surface area contributed by atoms with Crippen molar-refractivity contribution in [2.75, 3.05) is 12.8 Å². The molecule has 5 heteroatoms. The van der Waals surface area contributed by atoms with Crippen LogP contribution in [0.3, 0.4) is 0 Å². The molecule has 0 aliphatic rings. The average Bonchev–Trinajstić information content (AvgIpc) is 2.40. The van der Waals surface area contributed by atoms with Gasteiger partial charge in [-0.1, -0.05) is 17.7 Å². The van der Waals surface area contributed by atoms with Crippen molar-refractivity contribution in [3.05, 3.63) is 51.5 Å². The van der Waals surface area contributed by atoms with E-state index in [1.807, 2.05) is 30.3 Å². The van der Waals surface area contributed by atoms with Crippen LogP contribution in [0.15, 0.2) is 45.8 Å². The third-order valence-corrected chi connectivity index (χ3v) is 4.75. The summed E-state index contributed by atoms with van der Waals surface area (Å²) in [6.45, 7) is 0. The Morgan fingerprint density at radius 2 is 2.05 bits per heavy atom. The lowest BCUT2D eigenvalue weighted by Gasteiger charge is -2.08. The van der Waals surface area contributed by atoms with Crippen molar-refractivity contribution in [3.63, 3.8) is 0 Å². The highest BCUT2D eigenvalue weighted by molar-refractivity contribution is 9.10. The number of anilines is 1. The number of nitrogen functional groups attached to an aromatic ring is 1. The highest BCUT2D eigenvalue weighted by Crippen LogP contribution is 2.33. The van der Waals surface area contributed by atoms with Crippen molar-refractivity contribution in [2.24, 2.45) is 0 Å². The van der Waals surface area contributed by atoms with Gasteiger partial charge < -0.3 is 10.5 Å². The van der Waals surface area contributed by atoms with Crippen LogP contribution in [-0.2, 0) is 5.75 Å². The molecule has 0 aliphatic heterocycles. The van der Waals surface area contributed by atoms with Gasteiger partial charge in [-0.2, -0.15) is 0 Å². The Balaban J connectivity index is 2.10. The summed E-state index contributed by atoms with van der Waals surface area (Å²) in [4.78, 5) is 0.994. The number of hydrogen-bond acceptors (Lipinski definition) is 3. The zero-order valence-electron chi connectivity index (χ0n) is 10.3. The zero-order chi connectivity index (χ0) is 13.8. The van der Waals surface area contributed by atoms with Gasteiger partial charge >= 0.3 is 0 Å². The lowest BCUT2D eigenvalue weighted by Crippen LogP contribution is -1.88. The molecule has 0 spiro atoms. The van der Waals surface area contributed by atoms with Crippen molar-refractivity contribution in [1.29, 1.82) is 0 Å². The zero-order valence-corrected chi connectivity index (χ0v) is 13.5. The minimum atomic E-state index is 0.725. The van der Waals surface area contributed by atoms with Crippen LogP contribution >= 0.6 is 39.3 Å². The van der Waals surface area contributed by atoms with Crippen LogP contribution in [0.2, 0.25) is 5.02 Å². The second-order valence-electron chi connectivity index (χ2n) is 3.95. The first-order valence-electron chi connectivity index (χ1n) is 5.60. The van der Waals surface area contributed by atoms with Crippen molar-refractivity contribution in [3.8, 4) is 5.75 Å². The first kappa shape index (κ1) is 14.6. The smallest absolute Gasteiger partial charge is 0.133 e. The van der Waals surface area contributed by atoms with Gasteiger partial charge in [0.05, 0.1) is 16.6 Å². The van der Waals surface area contributed by atoms with Crippen molar-refractivity contribution < 1.29 is 4.74 Å². The van der Waals surface area contributed by atoms with Crippen LogP contribution in [0.4, 0.5) is 5.69 Å². The summed E-state index contributed by atoms with van der Waals surface area (Å²) in [5, 5.41) is 0.728. The molecule has 0 unspecified atom stereocenters. The monoisotopic (exact) mass is 357 g/mol. The number of ether oxygens (including phenoxy) is 1. The Morgan fingerprint density at radius 1 is 1.26 bits per heavy atom. The van der Waals surface area contributed by atoms with E-state index in [1.54, 1.807) is 24.9 Å². The summed E-state index contributed by atoms with van der Waals surface area (Å²) in [7, 11) is 1.65. The number of benzene rings is 2. The van der Waals surface area contributed by atoms with E-state index in [4.69, 9.17) is 22.1 Å². The Bertz CT molecular complexity index is 592. The Kier molecular flexibility index (Phi) is 5.02. The lowest BCUT2D eigenvalue weighted by atomic mass is 10.2. The molecule has 0 radical (unpaired) electrons. The molecule has 0 saturated carbocycles. The Hall–Kier alpha value is -0.840. The number of nitrogens with two attached hydrogens (primary N) is 1. The van der Waals surface area contributed by atoms with Crippen LogP contribution < -0.4 is 10.5 Å². The lowest BCUT2D eigenvalue weighted by molar-refractivity contribution is 0.412. The normalized spacial score (nSPS) is 10.5. The molecule has 0 aliphatic carbocycles. The van der Waals surface area contributed by atoms with Gasteiger partial charge in [-0.3, -0.25) is 0 Å². The van der Waals surface area contributed by atoms with Crippen LogP contribution in [0.5, 0.6) is 5.75 Å². The van der Waals surface area contributed by atoms with E-state index in [2.05, 4.69) is 15.9 Å².